The summed E-state index contributed by atoms with van der Waals surface area (Å²) in [6.07, 6.45) is 3.64. The molecule has 66 valence electrons. The van der Waals surface area contributed by atoms with Crippen molar-refractivity contribution in [2.75, 3.05) is 0 Å². The zero-order valence-corrected chi connectivity index (χ0v) is 8.01. The van der Waals surface area contributed by atoms with Crippen molar-refractivity contribution in [1.82, 2.24) is 0 Å². The van der Waals surface area contributed by atoms with Crippen molar-refractivity contribution in [3.05, 3.63) is 12.2 Å². The molecule has 0 aliphatic heterocycles. The molecule has 0 bridgehead atoms. The molecule has 0 amide bonds. The first-order chi connectivity index (χ1) is 5.63. The normalized spacial score (nSPS) is 35.6. The largest absolute Gasteiger partial charge is 0.193 e. The van der Waals surface area contributed by atoms with Gasteiger partial charge in [0, 0.05) is 5.57 Å². The maximum Gasteiger partial charge on any atom is 0.0943 e. The van der Waals surface area contributed by atoms with Crippen LogP contribution in [0.15, 0.2) is 12.2 Å². The highest BCUT2D eigenvalue weighted by Gasteiger charge is 2.25. The van der Waals surface area contributed by atoms with Gasteiger partial charge < -0.3 is 0 Å². The third-order valence-electron chi connectivity index (χ3n) is 2.81. The van der Waals surface area contributed by atoms with Crippen molar-refractivity contribution >= 4 is 0 Å². The van der Waals surface area contributed by atoms with Gasteiger partial charge in [-0.05, 0) is 37.0 Å². The summed E-state index contributed by atoms with van der Waals surface area (Å²) < 4.78 is 0. The van der Waals surface area contributed by atoms with E-state index < -0.39 is 0 Å². The predicted molar refractivity (Wildman–Crippen MR) is 50.4 cm³/mol. The number of rotatable bonds is 1. The average molecular weight is 163 g/mol. The molecule has 0 aromatic carbocycles. The first kappa shape index (κ1) is 9.32. The van der Waals surface area contributed by atoms with Crippen molar-refractivity contribution in [1.29, 1.82) is 5.26 Å². The lowest BCUT2D eigenvalue weighted by Crippen LogP contribution is -2.20. The van der Waals surface area contributed by atoms with Gasteiger partial charge in [-0.2, -0.15) is 5.26 Å². The smallest absolute Gasteiger partial charge is 0.0943 e. The standard InChI is InChI=1S/C11H17N/c1-8-4-9(2)6-11(5-8)10(3)7-12/h8-9,11H,3-6H2,1-2H3. The molecule has 1 aliphatic carbocycles. The lowest BCUT2D eigenvalue weighted by atomic mass is 9.74. The van der Waals surface area contributed by atoms with Crippen molar-refractivity contribution in [2.24, 2.45) is 17.8 Å². The van der Waals surface area contributed by atoms with Gasteiger partial charge in [-0.15, -0.1) is 0 Å². The van der Waals surface area contributed by atoms with Gasteiger partial charge in [0.25, 0.3) is 0 Å². The molecule has 0 heterocycles. The Labute approximate surface area is 75.1 Å². The Morgan fingerprint density at radius 2 is 1.75 bits per heavy atom. The van der Waals surface area contributed by atoms with Crippen molar-refractivity contribution < 1.29 is 0 Å². The van der Waals surface area contributed by atoms with Crippen molar-refractivity contribution in [2.45, 2.75) is 33.1 Å². The van der Waals surface area contributed by atoms with E-state index in [1.165, 1.54) is 6.42 Å². The van der Waals surface area contributed by atoms with Crippen LogP contribution in [0.4, 0.5) is 0 Å². The second kappa shape index (κ2) is 3.76. The highest BCUT2D eigenvalue weighted by Crippen LogP contribution is 2.35. The number of hydrogen-bond acceptors (Lipinski definition) is 1. The van der Waals surface area contributed by atoms with Gasteiger partial charge in [-0.1, -0.05) is 20.4 Å². The minimum atomic E-state index is 0.466. The Hall–Kier alpha value is -0.770. The van der Waals surface area contributed by atoms with E-state index in [1.54, 1.807) is 0 Å². The van der Waals surface area contributed by atoms with E-state index in [4.69, 9.17) is 5.26 Å². The van der Waals surface area contributed by atoms with Gasteiger partial charge in [-0.25, -0.2) is 0 Å². The van der Waals surface area contributed by atoms with Crippen LogP contribution < -0.4 is 0 Å². The molecule has 2 unspecified atom stereocenters. The Morgan fingerprint density at radius 3 is 2.17 bits per heavy atom. The van der Waals surface area contributed by atoms with Crippen LogP contribution >= 0.6 is 0 Å². The highest BCUT2D eigenvalue weighted by atomic mass is 14.3. The van der Waals surface area contributed by atoms with E-state index >= 15 is 0 Å². The zero-order chi connectivity index (χ0) is 9.14. The molecule has 1 nitrogen and oxygen atoms in total. The number of nitrogens with zero attached hydrogens (tertiary/aromatic N) is 1. The van der Waals surface area contributed by atoms with E-state index in [1.807, 2.05) is 0 Å². The average Bonchev–Trinajstić information content (AvgIpc) is 2.01. The molecule has 1 saturated carbocycles. The predicted octanol–water partition coefficient (Wildman–Crippen LogP) is 3.14. The number of allylic oxidation sites excluding steroid dienone is 1. The van der Waals surface area contributed by atoms with Crippen LogP contribution in [0.3, 0.4) is 0 Å². The minimum Gasteiger partial charge on any atom is -0.193 e. The molecule has 0 saturated heterocycles. The van der Waals surface area contributed by atoms with Crippen LogP contribution in [0.25, 0.3) is 0 Å². The molecule has 12 heavy (non-hydrogen) atoms. The Bertz CT molecular complexity index is 202. The Balaban J connectivity index is 2.56. The van der Waals surface area contributed by atoms with Crippen LogP contribution in [0, 0.1) is 29.1 Å². The third-order valence-corrected chi connectivity index (χ3v) is 2.81. The number of nitriles is 1. The molecule has 0 aromatic heterocycles. The molecule has 0 spiro atoms. The topological polar surface area (TPSA) is 23.8 Å². The van der Waals surface area contributed by atoms with Crippen LogP contribution in [0.1, 0.15) is 33.1 Å². The molecule has 0 radical (unpaired) electrons. The molecule has 2 atom stereocenters. The molecule has 1 heteroatoms. The SMILES string of the molecule is C=C(C#N)C1CC(C)CC(C)C1. The maximum atomic E-state index is 8.71. The fourth-order valence-electron chi connectivity index (χ4n) is 2.32. The van der Waals surface area contributed by atoms with Crippen LogP contribution in [0.2, 0.25) is 0 Å². The lowest BCUT2D eigenvalue weighted by Gasteiger charge is -2.30. The Morgan fingerprint density at radius 1 is 1.25 bits per heavy atom. The Kier molecular flexibility index (Phi) is 2.92. The van der Waals surface area contributed by atoms with Gasteiger partial charge in [0.05, 0.1) is 6.07 Å². The monoisotopic (exact) mass is 163 g/mol. The van der Waals surface area contributed by atoms with E-state index in [9.17, 15) is 0 Å². The quantitative estimate of drug-likeness (QED) is 0.545. The summed E-state index contributed by atoms with van der Waals surface area (Å²) in [4.78, 5) is 0. The summed E-state index contributed by atoms with van der Waals surface area (Å²) in [6.45, 7) is 8.35. The zero-order valence-electron chi connectivity index (χ0n) is 8.01. The highest BCUT2D eigenvalue weighted by molar-refractivity contribution is 5.20. The fraction of sp³-hybridized carbons (Fsp3) is 0.727. The van der Waals surface area contributed by atoms with E-state index in [-0.39, 0.29) is 0 Å². The summed E-state index contributed by atoms with van der Waals surface area (Å²) in [5.74, 6) is 2.00. The fourth-order valence-corrected chi connectivity index (χ4v) is 2.32. The molecule has 1 aliphatic rings. The minimum absolute atomic E-state index is 0.466. The van der Waals surface area contributed by atoms with Gasteiger partial charge in [0.2, 0.25) is 0 Å². The summed E-state index contributed by atoms with van der Waals surface area (Å²) in [6, 6.07) is 2.18. The van der Waals surface area contributed by atoms with E-state index in [0.29, 0.717) is 5.92 Å². The van der Waals surface area contributed by atoms with Crippen molar-refractivity contribution in [3.63, 3.8) is 0 Å². The maximum absolute atomic E-state index is 8.71. The van der Waals surface area contributed by atoms with Gasteiger partial charge in [0.1, 0.15) is 0 Å². The number of hydrogen-bond donors (Lipinski definition) is 0. The second-order valence-corrected chi connectivity index (χ2v) is 4.25. The van der Waals surface area contributed by atoms with Crippen LogP contribution in [-0.4, -0.2) is 0 Å². The van der Waals surface area contributed by atoms with Gasteiger partial charge in [-0.3, -0.25) is 0 Å². The third kappa shape index (κ3) is 2.11. The molecule has 0 N–H and O–H groups in total. The summed E-state index contributed by atoms with van der Waals surface area (Å²) in [5, 5.41) is 8.71. The molecular formula is C11H17N. The lowest BCUT2D eigenvalue weighted by molar-refractivity contribution is 0.247. The van der Waals surface area contributed by atoms with E-state index in [2.05, 4.69) is 26.5 Å². The summed E-state index contributed by atoms with van der Waals surface area (Å²) >= 11 is 0. The second-order valence-electron chi connectivity index (χ2n) is 4.25. The van der Waals surface area contributed by atoms with Crippen LogP contribution in [-0.2, 0) is 0 Å². The first-order valence-electron chi connectivity index (χ1n) is 4.72. The van der Waals surface area contributed by atoms with Gasteiger partial charge >= 0.3 is 0 Å². The molecule has 1 rings (SSSR count). The summed E-state index contributed by atoms with van der Waals surface area (Å²) in [7, 11) is 0. The van der Waals surface area contributed by atoms with E-state index in [0.717, 1.165) is 30.3 Å². The molecular weight excluding hydrogens is 146 g/mol. The summed E-state index contributed by atoms with van der Waals surface area (Å²) in [5.41, 5.74) is 0.786. The molecule has 1 fully saturated rings. The van der Waals surface area contributed by atoms with Crippen LogP contribution in [0.5, 0.6) is 0 Å². The molecule has 0 aromatic rings. The first-order valence-corrected chi connectivity index (χ1v) is 4.72. The van der Waals surface area contributed by atoms with Crippen molar-refractivity contribution in [3.8, 4) is 6.07 Å². The van der Waals surface area contributed by atoms with Gasteiger partial charge in [0.15, 0.2) is 0 Å².